The third-order valence-corrected chi connectivity index (χ3v) is 3.01. The molecule has 0 radical (unpaired) electrons. The fraction of sp³-hybridized carbons (Fsp3) is 0.462. The Balaban J connectivity index is 1.76. The second kappa shape index (κ2) is 6.47. The van der Waals surface area contributed by atoms with E-state index in [9.17, 15) is 9.18 Å². The van der Waals surface area contributed by atoms with Crippen LogP contribution >= 0.6 is 0 Å². The number of carbonyl (C=O) groups excluding carboxylic acids is 1. The van der Waals surface area contributed by atoms with Crippen molar-refractivity contribution in [1.29, 1.82) is 0 Å². The number of rotatable bonds is 4. The van der Waals surface area contributed by atoms with Crippen molar-refractivity contribution in [2.24, 2.45) is 0 Å². The smallest absolute Gasteiger partial charge is 0.225 e. The van der Waals surface area contributed by atoms with Gasteiger partial charge in [-0.25, -0.2) is 4.39 Å². The maximum atomic E-state index is 13.3. The van der Waals surface area contributed by atoms with Gasteiger partial charge in [0.05, 0.1) is 5.69 Å². The summed E-state index contributed by atoms with van der Waals surface area (Å²) in [6.45, 7) is 4.59. The molecule has 4 nitrogen and oxygen atoms in total. The van der Waals surface area contributed by atoms with E-state index in [-0.39, 0.29) is 11.6 Å². The van der Waals surface area contributed by atoms with E-state index < -0.39 is 5.82 Å². The molecule has 1 aromatic rings. The average molecular weight is 251 g/mol. The molecule has 0 aromatic heterocycles. The van der Waals surface area contributed by atoms with Crippen LogP contribution in [0, 0.1) is 5.82 Å². The second-order valence-corrected chi connectivity index (χ2v) is 4.37. The predicted octanol–water partition coefficient (Wildman–Crippen LogP) is 1.06. The van der Waals surface area contributed by atoms with Gasteiger partial charge < -0.3 is 15.5 Å². The summed E-state index contributed by atoms with van der Waals surface area (Å²) < 4.78 is 13.3. The van der Waals surface area contributed by atoms with Gasteiger partial charge in [0.1, 0.15) is 5.82 Å². The summed E-state index contributed by atoms with van der Waals surface area (Å²) in [5, 5.41) is 5.85. The van der Waals surface area contributed by atoms with Gasteiger partial charge in [0, 0.05) is 39.1 Å². The van der Waals surface area contributed by atoms with Crippen molar-refractivity contribution in [1.82, 2.24) is 10.2 Å². The van der Waals surface area contributed by atoms with E-state index in [1.165, 1.54) is 6.07 Å². The molecule has 18 heavy (non-hydrogen) atoms. The Morgan fingerprint density at radius 1 is 1.33 bits per heavy atom. The number of carbonyl (C=O) groups is 1. The molecule has 1 fully saturated rings. The van der Waals surface area contributed by atoms with Crippen LogP contribution in [0.5, 0.6) is 0 Å². The average Bonchev–Trinajstić information content (AvgIpc) is 2.40. The van der Waals surface area contributed by atoms with Crippen molar-refractivity contribution < 1.29 is 9.18 Å². The molecule has 2 N–H and O–H groups in total. The molecular formula is C13H18FN3O. The first kappa shape index (κ1) is 13.0. The summed E-state index contributed by atoms with van der Waals surface area (Å²) in [5.74, 6) is -0.536. The van der Waals surface area contributed by atoms with Crippen molar-refractivity contribution in [3.05, 3.63) is 30.1 Å². The van der Waals surface area contributed by atoms with Crippen LogP contribution in [-0.2, 0) is 4.79 Å². The fourth-order valence-corrected chi connectivity index (χ4v) is 1.97. The van der Waals surface area contributed by atoms with Crippen LogP contribution < -0.4 is 10.6 Å². The Kier molecular flexibility index (Phi) is 4.66. The van der Waals surface area contributed by atoms with Gasteiger partial charge in [-0.3, -0.25) is 4.79 Å². The first-order chi connectivity index (χ1) is 8.75. The number of piperazine rings is 1. The lowest BCUT2D eigenvalue weighted by molar-refractivity contribution is -0.116. The van der Waals surface area contributed by atoms with E-state index >= 15 is 0 Å². The van der Waals surface area contributed by atoms with Crippen LogP contribution in [0.1, 0.15) is 6.42 Å². The molecule has 1 saturated heterocycles. The van der Waals surface area contributed by atoms with Gasteiger partial charge in [-0.1, -0.05) is 12.1 Å². The number of amides is 1. The summed E-state index contributed by atoms with van der Waals surface area (Å²) in [7, 11) is 0. The van der Waals surface area contributed by atoms with Gasteiger partial charge in [0.15, 0.2) is 0 Å². The molecule has 1 heterocycles. The maximum Gasteiger partial charge on any atom is 0.225 e. The molecule has 0 spiro atoms. The van der Waals surface area contributed by atoms with Gasteiger partial charge in [0.2, 0.25) is 5.91 Å². The topological polar surface area (TPSA) is 44.4 Å². The molecule has 1 aliphatic heterocycles. The van der Waals surface area contributed by atoms with Crippen molar-refractivity contribution >= 4 is 11.6 Å². The zero-order valence-corrected chi connectivity index (χ0v) is 10.3. The Hall–Kier alpha value is -1.46. The van der Waals surface area contributed by atoms with Crippen LogP contribution in [0.2, 0.25) is 0 Å². The Morgan fingerprint density at radius 2 is 2.06 bits per heavy atom. The van der Waals surface area contributed by atoms with Crippen molar-refractivity contribution in [2.45, 2.75) is 6.42 Å². The molecule has 0 unspecified atom stereocenters. The molecule has 1 aromatic carbocycles. The summed E-state index contributed by atoms with van der Waals surface area (Å²) in [6.07, 6.45) is 0.397. The predicted molar refractivity (Wildman–Crippen MR) is 69.0 cm³/mol. The van der Waals surface area contributed by atoms with Gasteiger partial charge in [0.25, 0.3) is 0 Å². The Labute approximate surface area is 106 Å². The van der Waals surface area contributed by atoms with Gasteiger partial charge >= 0.3 is 0 Å². The Bertz CT molecular complexity index is 405. The second-order valence-electron chi connectivity index (χ2n) is 4.37. The van der Waals surface area contributed by atoms with Crippen LogP contribution in [0.4, 0.5) is 10.1 Å². The largest absolute Gasteiger partial charge is 0.324 e. The highest BCUT2D eigenvalue weighted by atomic mass is 19.1. The monoisotopic (exact) mass is 251 g/mol. The number of hydrogen-bond donors (Lipinski definition) is 2. The quantitative estimate of drug-likeness (QED) is 0.841. The van der Waals surface area contributed by atoms with Crippen LogP contribution in [-0.4, -0.2) is 43.5 Å². The summed E-state index contributed by atoms with van der Waals surface area (Å²) >= 11 is 0. The van der Waals surface area contributed by atoms with Crippen molar-refractivity contribution in [3.8, 4) is 0 Å². The standard InChI is InChI=1S/C13H18FN3O/c14-11-3-1-2-4-12(11)16-13(18)5-8-17-9-6-15-7-10-17/h1-4,15H,5-10H2,(H,16,18). The minimum Gasteiger partial charge on any atom is -0.324 e. The number of benzene rings is 1. The third-order valence-electron chi connectivity index (χ3n) is 3.01. The Morgan fingerprint density at radius 3 is 2.78 bits per heavy atom. The van der Waals surface area contributed by atoms with E-state index in [2.05, 4.69) is 15.5 Å². The highest BCUT2D eigenvalue weighted by Gasteiger charge is 2.12. The van der Waals surface area contributed by atoms with Crippen LogP contribution in [0.3, 0.4) is 0 Å². The number of nitrogens with one attached hydrogen (secondary N) is 2. The zero-order valence-electron chi connectivity index (χ0n) is 10.3. The summed E-state index contributed by atoms with van der Waals surface area (Å²) in [4.78, 5) is 13.9. The molecule has 2 rings (SSSR count). The van der Waals surface area contributed by atoms with Gasteiger partial charge in [-0.2, -0.15) is 0 Å². The normalized spacial score (nSPS) is 16.5. The van der Waals surface area contributed by atoms with E-state index in [1.54, 1.807) is 18.2 Å². The minimum absolute atomic E-state index is 0.140. The molecular weight excluding hydrogens is 233 g/mol. The molecule has 0 atom stereocenters. The third kappa shape index (κ3) is 3.78. The number of nitrogens with zero attached hydrogens (tertiary/aromatic N) is 1. The SMILES string of the molecule is O=C(CCN1CCNCC1)Nc1ccccc1F. The lowest BCUT2D eigenvalue weighted by Gasteiger charge is -2.26. The van der Waals surface area contributed by atoms with Crippen LogP contribution in [0.25, 0.3) is 0 Å². The number of halogens is 1. The van der Waals surface area contributed by atoms with E-state index in [4.69, 9.17) is 0 Å². The summed E-state index contributed by atoms with van der Waals surface area (Å²) in [6, 6.07) is 6.21. The van der Waals surface area contributed by atoms with Gasteiger partial charge in [-0.05, 0) is 12.1 Å². The van der Waals surface area contributed by atoms with E-state index in [0.29, 0.717) is 6.42 Å². The van der Waals surface area contributed by atoms with Crippen molar-refractivity contribution in [3.63, 3.8) is 0 Å². The maximum absolute atomic E-state index is 13.3. The molecule has 1 aliphatic rings. The van der Waals surface area contributed by atoms with E-state index in [0.717, 1.165) is 32.7 Å². The zero-order chi connectivity index (χ0) is 12.8. The molecule has 0 aliphatic carbocycles. The summed E-state index contributed by atoms with van der Waals surface area (Å²) in [5.41, 5.74) is 0.253. The first-order valence-electron chi connectivity index (χ1n) is 6.23. The molecule has 5 heteroatoms. The van der Waals surface area contributed by atoms with Gasteiger partial charge in [-0.15, -0.1) is 0 Å². The number of anilines is 1. The first-order valence-corrected chi connectivity index (χ1v) is 6.23. The molecule has 1 amide bonds. The lowest BCUT2D eigenvalue weighted by Crippen LogP contribution is -2.44. The molecule has 0 bridgehead atoms. The van der Waals surface area contributed by atoms with Crippen LogP contribution in [0.15, 0.2) is 24.3 Å². The number of para-hydroxylation sites is 1. The molecule has 0 saturated carbocycles. The molecule has 98 valence electrons. The number of hydrogen-bond acceptors (Lipinski definition) is 3. The fourth-order valence-electron chi connectivity index (χ4n) is 1.97. The minimum atomic E-state index is -0.395. The highest BCUT2D eigenvalue weighted by molar-refractivity contribution is 5.90. The van der Waals surface area contributed by atoms with E-state index in [1.807, 2.05) is 0 Å². The highest BCUT2D eigenvalue weighted by Crippen LogP contribution is 2.12. The van der Waals surface area contributed by atoms with Crippen molar-refractivity contribution in [2.75, 3.05) is 38.0 Å². The lowest BCUT2D eigenvalue weighted by atomic mass is 10.2.